The lowest BCUT2D eigenvalue weighted by Crippen LogP contribution is -2.46. The Labute approximate surface area is 194 Å². The Morgan fingerprint density at radius 2 is 1.61 bits per heavy atom. The summed E-state index contributed by atoms with van der Waals surface area (Å²) < 4.78 is 11.4. The third-order valence-electron chi connectivity index (χ3n) is 5.63. The van der Waals surface area contributed by atoms with E-state index in [0.717, 1.165) is 31.9 Å². The number of hydrogen-bond donors (Lipinski definition) is 0. The van der Waals surface area contributed by atoms with Crippen LogP contribution in [-0.2, 0) is 11.3 Å². The summed E-state index contributed by atoms with van der Waals surface area (Å²) in [4.78, 5) is 31.0. The molecule has 0 spiro atoms. The van der Waals surface area contributed by atoms with Crippen LogP contribution in [0.4, 0.5) is 16.2 Å². The Kier molecular flexibility index (Phi) is 6.31. The molecule has 0 bridgehead atoms. The van der Waals surface area contributed by atoms with Crippen LogP contribution in [0.2, 0.25) is 0 Å². The fourth-order valence-electron chi connectivity index (χ4n) is 3.97. The zero-order valence-corrected chi connectivity index (χ0v) is 19.7. The van der Waals surface area contributed by atoms with Gasteiger partial charge in [-0.15, -0.1) is 0 Å². The highest BCUT2D eigenvalue weighted by atomic mass is 16.6. The van der Waals surface area contributed by atoms with Crippen LogP contribution in [0.15, 0.2) is 63.8 Å². The molecule has 0 radical (unpaired) electrons. The topological polar surface area (TPSA) is 66.2 Å². The van der Waals surface area contributed by atoms with Gasteiger partial charge in [0.2, 0.25) is 0 Å². The number of benzene rings is 2. The first-order valence-electron chi connectivity index (χ1n) is 11.3. The van der Waals surface area contributed by atoms with Crippen LogP contribution in [0.25, 0.3) is 11.0 Å². The third kappa shape index (κ3) is 5.48. The van der Waals surface area contributed by atoms with Crippen molar-refractivity contribution in [3.8, 4) is 0 Å². The minimum Gasteiger partial charge on any atom is -0.459 e. The highest BCUT2D eigenvalue weighted by Gasteiger charge is 2.21. The first-order valence-corrected chi connectivity index (χ1v) is 11.3. The quantitative estimate of drug-likeness (QED) is 0.585. The number of para-hydroxylation sites is 1. The maximum absolute atomic E-state index is 12.7. The number of carbonyl (C=O) groups excluding carboxylic acids is 1. The Hall–Kier alpha value is -3.48. The van der Waals surface area contributed by atoms with Crippen molar-refractivity contribution in [2.24, 2.45) is 0 Å². The second-order valence-corrected chi connectivity index (χ2v) is 9.40. The number of amides is 1. The van der Waals surface area contributed by atoms with Crippen LogP contribution in [-0.4, -0.2) is 49.8 Å². The molecular formula is C26H31N3O4. The van der Waals surface area contributed by atoms with E-state index < -0.39 is 11.7 Å². The van der Waals surface area contributed by atoms with E-state index in [-0.39, 0.29) is 12.0 Å². The van der Waals surface area contributed by atoms with Crippen LogP contribution >= 0.6 is 0 Å². The molecule has 1 saturated heterocycles. The highest BCUT2D eigenvalue weighted by molar-refractivity contribution is 5.80. The molecule has 7 heteroatoms. The average Bonchev–Trinajstić information content (AvgIpc) is 2.78. The van der Waals surface area contributed by atoms with E-state index in [0.29, 0.717) is 16.7 Å². The van der Waals surface area contributed by atoms with Crippen molar-refractivity contribution < 1.29 is 13.9 Å². The van der Waals surface area contributed by atoms with E-state index in [9.17, 15) is 9.59 Å². The molecule has 0 aliphatic carbocycles. The summed E-state index contributed by atoms with van der Waals surface area (Å²) in [6, 6.07) is 17.6. The van der Waals surface area contributed by atoms with Crippen molar-refractivity contribution >= 4 is 28.4 Å². The number of hydrogen-bond acceptors (Lipinski definition) is 6. The summed E-state index contributed by atoms with van der Waals surface area (Å²) in [6.07, 6.45) is -0.463. The van der Waals surface area contributed by atoms with Crippen LogP contribution in [0, 0.1) is 0 Å². The summed E-state index contributed by atoms with van der Waals surface area (Å²) >= 11 is 0. The molecule has 0 N–H and O–H groups in total. The third-order valence-corrected chi connectivity index (χ3v) is 5.63. The molecule has 33 heavy (non-hydrogen) atoms. The van der Waals surface area contributed by atoms with E-state index >= 15 is 0 Å². The van der Waals surface area contributed by atoms with Gasteiger partial charge in [0, 0.05) is 56.7 Å². The number of carbonyl (C=O) groups is 1. The lowest BCUT2D eigenvalue weighted by Gasteiger charge is -2.37. The second kappa shape index (κ2) is 9.17. The van der Waals surface area contributed by atoms with Crippen LogP contribution in [0.5, 0.6) is 0 Å². The number of piperazine rings is 1. The summed E-state index contributed by atoms with van der Waals surface area (Å²) in [6.45, 7) is 9.21. The van der Waals surface area contributed by atoms with E-state index in [1.165, 1.54) is 16.7 Å². The van der Waals surface area contributed by atoms with Gasteiger partial charge in [-0.2, -0.15) is 0 Å². The lowest BCUT2D eigenvalue weighted by molar-refractivity contribution is 0.0274. The summed E-state index contributed by atoms with van der Waals surface area (Å²) in [5, 5.41) is 0.533. The van der Waals surface area contributed by atoms with Gasteiger partial charge >= 0.3 is 6.09 Å². The standard InChI is InChI=1S/C26H31N3O4/c1-26(2,3)33-25(31)27(4)18-21-17-23(30)22-11-10-20(16-24(22)32-21)29-14-12-28(13-15-29)19-8-6-5-7-9-19/h5-11,16-17H,12-15,18H2,1-4H3. The summed E-state index contributed by atoms with van der Waals surface area (Å²) in [5.74, 6) is 0.423. The number of rotatable bonds is 4. The van der Waals surface area contributed by atoms with Gasteiger partial charge in [-0.3, -0.25) is 4.79 Å². The van der Waals surface area contributed by atoms with E-state index in [1.807, 2.05) is 45.0 Å². The molecule has 1 amide bonds. The lowest BCUT2D eigenvalue weighted by atomic mass is 10.1. The highest BCUT2D eigenvalue weighted by Crippen LogP contribution is 2.24. The van der Waals surface area contributed by atoms with Gasteiger partial charge in [0.25, 0.3) is 0 Å². The van der Waals surface area contributed by atoms with Crippen molar-refractivity contribution in [3.05, 3.63) is 70.6 Å². The maximum Gasteiger partial charge on any atom is 0.410 e. The van der Waals surface area contributed by atoms with Gasteiger partial charge < -0.3 is 23.9 Å². The van der Waals surface area contributed by atoms with Crippen molar-refractivity contribution in [1.82, 2.24) is 4.90 Å². The number of ether oxygens (including phenoxy) is 1. The second-order valence-electron chi connectivity index (χ2n) is 9.40. The van der Waals surface area contributed by atoms with E-state index in [4.69, 9.17) is 9.15 Å². The molecule has 0 atom stereocenters. The van der Waals surface area contributed by atoms with Crippen molar-refractivity contribution in [3.63, 3.8) is 0 Å². The Balaban J connectivity index is 1.49. The number of anilines is 2. The predicted octanol–water partition coefficient (Wildman–Crippen LogP) is 4.49. The predicted molar refractivity (Wildman–Crippen MR) is 131 cm³/mol. The van der Waals surface area contributed by atoms with E-state index in [1.54, 1.807) is 7.05 Å². The minimum atomic E-state index is -0.588. The zero-order chi connectivity index (χ0) is 23.6. The van der Waals surface area contributed by atoms with Gasteiger partial charge in [-0.05, 0) is 45.0 Å². The summed E-state index contributed by atoms with van der Waals surface area (Å²) in [7, 11) is 1.63. The molecule has 4 rings (SSSR count). The molecule has 1 aliphatic heterocycles. The SMILES string of the molecule is CN(Cc1cc(=O)c2ccc(N3CCN(c4ccccc4)CC3)cc2o1)C(=O)OC(C)(C)C. The van der Waals surface area contributed by atoms with Crippen molar-refractivity contribution in [2.75, 3.05) is 43.0 Å². The molecule has 174 valence electrons. The largest absolute Gasteiger partial charge is 0.459 e. The number of nitrogens with zero attached hydrogens (tertiary/aromatic N) is 3. The van der Waals surface area contributed by atoms with Gasteiger partial charge in [0.1, 0.15) is 16.9 Å². The first-order chi connectivity index (χ1) is 15.7. The Bertz CT molecular complexity index is 1180. The molecule has 1 aromatic heterocycles. The van der Waals surface area contributed by atoms with Crippen LogP contribution in [0.3, 0.4) is 0 Å². The van der Waals surface area contributed by atoms with Gasteiger partial charge in [-0.1, -0.05) is 18.2 Å². The molecule has 1 aliphatic rings. The zero-order valence-electron chi connectivity index (χ0n) is 19.7. The van der Waals surface area contributed by atoms with Gasteiger partial charge in [-0.25, -0.2) is 4.79 Å². The number of fused-ring (bicyclic) bond motifs is 1. The maximum atomic E-state index is 12.7. The molecule has 1 fully saturated rings. The fraction of sp³-hybridized carbons (Fsp3) is 0.385. The minimum absolute atomic E-state index is 0.121. The van der Waals surface area contributed by atoms with Crippen LogP contribution in [0.1, 0.15) is 26.5 Å². The van der Waals surface area contributed by atoms with Gasteiger partial charge in [0.15, 0.2) is 5.43 Å². The Morgan fingerprint density at radius 3 is 2.24 bits per heavy atom. The average molecular weight is 450 g/mol. The molecule has 2 aromatic carbocycles. The van der Waals surface area contributed by atoms with Crippen LogP contribution < -0.4 is 15.2 Å². The Morgan fingerprint density at radius 1 is 0.970 bits per heavy atom. The molecule has 7 nitrogen and oxygen atoms in total. The molecule has 0 saturated carbocycles. The molecule has 2 heterocycles. The fourth-order valence-corrected chi connectivity index (χ4v) is 3.97. The van der Waals surface area contributed by atoms with Crippen molar-refractivity contribution in [2.45, 2.75) is 32.9 Å². The first kappa shape index (κ1) is 22.7. The molecular weight excluding hydrogens is 418 g/mol. The smallest absolute Gasteiger partial charge is 0.410 e. The monoisotopic (exact) mass is 449 g/mol. The summed E-state index contributed by atoms with van der Waals surface area (Å²) in [5.41, 5.74) is 2.08. The molecule has 0 unspecified atom stereocenters. The van der Waals surface area contributed by atoms with Gasteiger partial charge in [0.05, 0.1) is 11.9 Å². The molecule has 3 aromatic rings. The van der Waals surface area contributed by atoms with E-state index in [2.05, 4.69) is 34.1 Å². The normalized spacial score (nSPS) is 14.4. The van der Waals surface area contributed by atoms with Crippen molar-refractivity contribution in [1.29, 1.82) is 0 Å².